The Morgan fingerprint density at radius 1 is 1.33 bits per heavy atom. The molecule has 0 aliphatic carbocycles. The lowest BCUT2D eigenvalue weighted by molar-refractivity contribution is 0.0922. The molecule has 1 unspecified atom stereocenters. The van der Waals surface area contributed by atoms with Gasteiger partial charge in [0.25, 0.3) is 5.91 Å². The van der Waals surface area contributed by atoms with Crippen LogP contribution in [-0.2, 0) is 13.0 Å². The highest BCUT2D eigenvalue weighted by Crippen LogP contribution is 2.23. The highest BCUT2D eigenvalue weighted by Gasteiger charge is 2.25. The first kappa shape index (κ1) is 15.0. The van der Waals surface area contributed by atoms with E-state index in [9.17, 15) is 4.79 Å². The van der Waals surface area contributed by atoms with E-state index in [1.165, 1.54) is 16.9 Å². The van der Waals surface area contributed by atoms with Crippen LogP contribution in [0.1, 0.15) is 45.8 Å². The van der Waals surface area contributed by atoms with Crippen LogP contribution in [0.25, 0.3) is 0 Å². The Morgan fingerprint density at radius 3 is 3.08 bits per heavy atom. The molecule has 7 heteroatoms. The van der Waals surface area contributed by atoms with Crippen molar-refractivity contribution in [2.24, 2.45) is 0 Å². The first-order chi connectivity index (χ1) is 11.8. The second kappa shape index (κ2) is 6.52. The topological polar surface area (TPSA) is 72.7 Å². The van der Waals surface area contributed by atoms with Crippen LogP contribution in [0.15, 0.2) is 42.0 Å². The van der Waals surface area contributed by atoms with Gasteiger partial charge >= 0.3 is 0 Å². The van der Waals surface area contributed by atoms with E-state index in [-0.39, 0.29) is 11.9 Å². The third-order valence-corrected chi connectivity index (χ3v) is 4.96. The fraction of sp³-hybridized carbons (Fsp3) is 0.294. The van der Waals surface area contributed by atoms with Gasteiger partial charge in [0.05, 0.1) is 11.0 Å². The van der Waals surface area contributed by atoms with E-state index in [1.54, 1.807) is 6.33 Å². The summed E-state index contributed by atoms with van der Waals surface area (Å²) in [5.41, 5.74) is 1.67. The van der Waals surface area contributed by atoms with Gasteiger partial charge in [-0.05, 0) is 18.4 Å². The van der Waals surface area contributed by atoms with Crippen LogP contribution >= 0.6 is 11.3 Å². The van der Waals surface area contributed by atoms with Gasteiger partial charge in [0.15, 0.2) is 0 Å². The number of hydrogen-bond donors (Lipinski definition) is 1. The van der Waals surface area contributed by atoms with Gasteiger partial charge in [0.1, 0.15) is 17.8 Å². The van der Waals surface area contributed by atoms with Gasteiger partial charge < -0.3 is 5.32 Å². The molecule has 1 aliphatic heterocycles. The van der Waals surface area contributed by atoms with Crippen molar-refractivity contribution in [1.82, 2.24) is 25.1 Å². The Morgan fingerprint density at radius 2 is 2.21 bits per heavy atom. The highest BCUT2D eigenvalue weighted by atomic mass is 32.1. The van der Waals surface area contributed by atoms with Crippen LogP contribution in [0.4, 0.5) is 0 Å². The fourth-order valence-corrected chi connectivity index (χ4v) is 3.73. The molecule has 3 aromatic rings. The maximum atomic E-state index is 12.5. The van der Waals surface area contributed by atoms with Gasteiger partial charge in [-0.3, -0.25) is 4.79 Å². The van der Waals surface area contributed by atoms with E-state index in [2.05, 4.69) is 32.5 Å². The van der Waals surface area contributed by atoms with Crippen LogP contribution in [-0.4, -0.2) is 25.7 Å². The molecule has 6 nitrogen and oxygen atoms in total. The Hall–Kier alpha value is -2.54. The average Bonchev–Trinajstić information content (AvgIpc) is 3.25. The van der Waals surface area contributed by atoms with Crippen LogP contribution in [0.3, 0.4) is 0 Å². The highest BCUT2D eigenvalue weighted by molar-refractivity contribution is 7.09. The monoisotopic (exact) mass is 339 g/mol. The predicted molar refractivity (Wildman–Crippen MR) is 90.8 cm³/mol. The van der Waals surface area contributed by atoms with E-state index >= 15 is 0 Å². The van der Waals surface area contributed by atoms with Gasteiger partial charge in [-0.2, -0.15) is 5.10 Å². The lowest BCUT2D eigenvalue weighted by Gasteiger charge is -2.22. The largest absolute Gasteiger partial charge is 0.341 e. The Bertz CT molecular complexity index is 842. The molecule has 3 heterocycles. The first-order valence-corrected chi connectivity index (χ1v) is 8.84. The normalized spacial score (nSPS) is 16.6. The van der Waals surface area contributed by atoms with E-state index in [1.807, 2.05) is 28.3 Å². The fourth-order valence-electron chi connectivity index (χ4n) is 2.93. The van der Waals surface area contributed by atoms with Gasteiger partial charge in [-0.1, -0.05) is 30.3 Å². The number of aromatic nitrogens is 4. The Balaban J connectivity index is 1.45. The molecular weight excluding hydrogens is 322 g/mol. The summed E-state index contributed by atoms with van der Waals surface area (Å²) in [5, 5.41) is 9.98. The van der Waals surface area contributed by atoms with Gasteiger partial charge in [0.2, 0.25) is 0 Å². The summed E-state index contributed by atoms with van der Waals surface area (Å²) in [6, 6.07) is 10.1. The number of hydrogen-bond acceptors (Lipinski definition) is 5. The van der Waals surface area contributed by atoms with Crippen molar-refractivity contribution in [1.29, 1.82) is 0 Å². The summed E-state index contributed by atoms with van der Waals surface area (Å²) in [5.74, 6) is 0.682. The van der Waals surface area contributed by atoms with E-state index in [0.717, 1.165) is 36.6 Å². The van der Waals surface area contributed by atoms with Crippen LogP contribution < -0.4 is 5.32 Å². The molecule has 2 aromatic heterocycles. The number of carbonyl (C=O) groups excluding carboxylic acids is 1. The molecular formula is C17H17N5OS. The summed E-state index contributed by atoms with van der Waals surface area (Å²) >= 11 is 1.52. The van der Waals surface area contributed by atoms with Crippen molar-refractivity contribution < 1.29 is 4.79 Å². The van der Waals surface area contributed by atoms with E-state index in [4.69, 9.17) is 0 Å². The quantitative estimate of drug-likeness (QED) is 0.793. The molecule has 0 radical (unpaired) electrons. The van der Waals surface area contributed by atoms with Crippen molar-refractivity contribution in [3.8, 4) is 0 Å². The van der Waals surface area contributed by atoms with Crippen molar-refractivity contribution >= 4 is 17.2 Å². The van der Waals surface area contributed by atoms with Crippen LogP contribution in [0.5, 0.6) is 0 Å². The van der Waals surface area contributed by atoms with Gasteiger partial charge in [-0.15, -0.1) is 11.3 Å². The molecule has 1 aromatic carbocycles. The van der Waals surface area contributed by atoms with Gasteiger partial charge in [-0.25, -0.2) is 14.6 Å². The summed E-state index contributed by atoms with van der Waals surface area (Å²) in [7, 11) is 0. The number of nitrogens with zero attached hydrogens (tertiary/aromatic N) is 4. The number of fused-ring (bicyclic) bond motifs is 1. The Kier molecular flexibility index (Phi) is 4.08. The average molecular weight is 339 g/mol. The number of benzene rings is 1. The zero-order valence-corrected chi connectivity index (χ0v) is 13.9. The minimum atomic E-state index is -0.146. The van der Waals surface area contributed by atoms with E-state index in [0.29, 0.717) is 5.69 Å². The standard InChI is InChI=1S/C17H17N5OS/c23-17(21-13-7-4-8-22-16(13)18-11-19-22)14-10-24-15(20-14)9-12-5-2-1-3-6-12/h1-3,5-6,10-11,13H,4,7-9H2,(H,21,23). The lowest BCUT2D eigenvalue weighted by Crippen LogP contribution is -2.33. The molecule has 0 bridgehead atoms. The summed E-state index contributed by atoms with van der Waals surface area (Å²) < 4.78 is 1.86. The number of thiazole rings is 1. The molecule has 24 heavy (non-hydrogen) atoms. The first-order valence-electron chi connectivity index (χ1n) is 7.96. The predicted octanol–water partition coefficient (Wildman–Crippen LogP) is 2.59. The number of nitrogens with one attached hydrogen (secondary N) is 1. The van der Waals surface area contributed by atoms with Crippen molar-refractivity contribution in [2.75, 3.05) is 0 Å². The van der Waals surface area contributed by atoms with Crippen LogP contribution in [0.2, 0.25) is 0 Å². The van der Waals surface area contributed by atoms with Crippen molar-refractivity contribution in [3.05, 3.63) is 64.1 Å². The number of carbonyl (C=O) groups is 1. The molecule has 0 fully saturated rings. The number of amides is 1. The van der Waals surface area contributed by atoms with Crippen molar-refractivity contribution in [2.45, 2.75) is 31.8 Å². The summed E-state index contributed by atoms with van der Waals surface area (Å²) in [4.78, 5) is 21.2. The van der Waals surface area contributed by atoms with Crippen LogP contribution in [0, 0.1) is 0 Å². The third kappa shape index (κ3) is 3.07. The molecule has 122 valence electrons. The minimum Gasteiger partial charge on any atom is -0.341 e. The number of rotatable bonds is 4. The number of aryl methyl sites for hydroxylation is 1. The zero-order valence-electron chi connectivity index (χ0n) is 13.1. The second-order valence-electron chi connectivity index (χ2n) is 5.80. The maximum absolute atomic E-state index is 12.5. The molecule has 1 atom stereocenters. The Labute approximate surface area is 143 Å². The molecule has 4 rings (SSSR count). The third-order valence-electron chi connectivity index (χ3n) is 4.11. The molecule has 0 saturated heterocycles. The zero-order chi connectivity index (χ0) is 16.4. The minimum absolute atomic E-state index is 0.0898. The van der Waals surface area contributed by atoms with Crippen molar-refractivity contribution in [3.63, 3.8) is 0 Å². The second-order valence-corrected chi connectivity index (χ2v) is 6.74. The SMILES string of the molecule is O=C(NC1CCCn2ncnc21)c1csc(Cc2ccccc2)n1. The molecule has 1 N–H and O–H groups in total. The maximum Gasteiger partial charge on any atom is 0.271 e. The molecule has 1 aliphatic rings. The smallest absolute Gasteiger partial charge is 0.271 e. The molecule has 0 saturated carbocycles. The summed E-state index contributed by atoms with van der Waals surface area (Å²) in [6.07, 6.45) is 4.15. The lowest BCUT2D eigenvalue weighted by atomic mass is 10.1. The molecule has 1 amide bonds. The summed E-state index contributed by atoms with van der Waals surface area (Å²) in [6.45, 7) is 0.861. The molecule has 0 spiro atoms. The van der Waals surface area contributed by atoms with Gasteiger partial charge in [0, 0.05) is 18.3 Å². The van der Waals surface area contributed by atoms with E-state index < -0.39 is 0 Å².